The Bertz CT molecular complexity index is 619. The van der Waals surface area contributed by atoms with Crippen LogP contribution in [0.4, 0.5) is 0 Å². The van der Waals surface area contributed by atoms with Gasteiger partial charge in [0, 0.05) is 18.4 Å². The Balaban J connectivity index is 2.24. The predicted molar refractivity (Wildman–Crippen MR) is 86.4 cm³/mol. The molecule has 0 spiro atoms. The fourth-order valence-corrected chi connectivity index (χ4v) is 4.41. The summed E-state index contributed by atoms with van der Waals surface area (Å²) in [7, 11) is -3.38. The largest absolute Gasteiger partial charge is 0.353 e. The molecule has 0 aromatic heterocycles. The molecule has 1 aliphatic heterocycles. The summed E-state index contributed by atoms with van der Waals surface area (Å²) in [5, 5.41) is 0. The highest BCUT2D eigenvalue weighted by molar-refractivity contribution is 7.91. The summed E-state index contributed by atoms with van der Waals surface area (Å²) in [6, 6.07) is 6.94. The molecule has 122 valence electrons. The van der Waals surface area contributed by atoms with Crippen molar-refractivity contribution in [3.63, 3.8) is 0 Å². The van der Waals surface area contributed by atoms with E-state index in [9.17, 15) is 8.42 Å². The average Bonchev–Trinajstić information content (AvgIpc) is 2.82. The quantitative estimate of drug-likeness (QED) is 0.755. The molecule has 0 unspecified atom stereocenters. The highest BCUT2D eigenvalue weighted by Gasteiger charge is 2.41. The molecule has 22 heavy (non-hydrogen) atoms. The van der Waals surface area contributed by atoms with Crippen LogP contribution in [0.2, 0.25) is 0 Å². The minimum absolute atomic E-state index is 0.0109. The number of ether oxygens (including phenoxy) is 2. The van der Waals surface area contributed by atoms with Crippen molar-refractivity contribution >= 4 is 9.84 Å². The Morgan fingerprint density at radius 2 is 2.00 bits per heavy atom. The summed E-state index contributed by atoms with van der Waals surface area (Å²) in [5.41, 5.74) is 1.97. The van der Waals surface area contributed by atoms with Crippen LogP contribution in [0.3, 0.4) is 0 Å². The van der Waals surface area contributed by atoms with Crippen molar-refractivity contribution in [1.29, 1.82) is 0 Å². The molecule has 0 radical (unpaired) electrons. The van der Waals surface area contributed by atoms with Crippen molar-refractivity contribution < 1.29 is 17.9 Å². The summed E-state index contributed by atoms with van der Waals surface area (Å²) in [6.07, 6.45) is -0.480. The highest BCUT2D eigenvalue weighted by atomic mass is 32.2. The molecule has 1 saturated heterocycles. The molecule has 0 bridgehead atoms. The lowest BCUT2D eigenvalue weighted by molar-refractivity contribution is -0.123. The van der Waals surface area contributed by atoms with Crippen LogP contribution in [0.1, 0.15) is 19.4 Å². The Labute approximate surface area is 133 Å². The van der Waals surface area contributed by atoms with E-state index in [1.54, 1.807) is 12.1 Å². The topological polar surface area (TPSA) is 52.6 Å². The predicted octanol–water partition coefficient (Wildman–Crippen LogP) is 2.97. The summed E-state index contributed by atoms with van der Waals surface area (Å²) in [6.45, 7) is 10.6. The third kappa shape index (κ3) is 3.77. The molecule has 1 aromatic rings. The molecule has 4 nitrogen and oxygen atoms in total. The molecule has 1 heterocycles. The van der Waals surface area contributed by atoms with Gasteiger partial charge in [0.2, 0.25) is 0 Å². The van der Waals surface area contributed by atoms with E-state index in [0.29, 0.717) is 18.1 Å². The second kappa shape index (κ2) is 6.94. The van der Waals surface area contributed by atoms with Gasteiger partial charge in [-0.05, 0) is 32.9 Å². The lowest BCUT2D eigenvalue weighted by Crippen LogP contribution is -2.31. The summed E-state index contributed by atoms with van der Waals surface area (Å²) in [4.78, 5) is 0.348. The van der Waals surface area contributed by atoms with Crippen LogP contribution < -0.4 is 0 Å². The summed E-state index contributed by atoms with van der Waals surface area (Å²) >= 11 is 0. The Hall–Kier alpha value is -1.17. The van der Waals surface area contributed by atoms with Crippen LogP contribution in [0, 0.1) is 18.8 Å². The number of benzene rings is 1. The molecule has 0 aliphatic carbocycles. The Kier molecular flexibility index (Phi) is 5.42. The lowest BCUT2D eigenvalue weighted by atomic mass is 9.91. The van der Waals surface area contributed by atoms with Gasteiger partial charge in [0.1, 0.15) is 0 Å². The third-order valence-corrected chi connectivity index (χ3v) is 5.88. The van der Waals surface area contributed by atoms with E-state index in [1.165, 1.54) is 0 Å². The number of aryl methyl sites for hydroxylation is 1. The molecule has 1 fully saturated rings. The molecular weight excluding hydrogens is 300 g/mol. The van der Waals surface area contributed by atoms with Gasteiger partial charge in [0.05, 0.1) is 17.3 Å². The average molecular weight is 324 g/mol. The van der Waals surface area contributed by atoms with Crippen molar-refractivity contribution in [2.75, 3.05) is 19.0 Å². The van der Waals surface area contributed by atoms with Gasteiger partial charge < -0.3 is 9.47 Å². The van der Waals surface area contributed by atoms with Crippen molar-refractivity contribution in [2.45, 2.75) is 32.0 Å². The smallest absolute Gasteiger partial charge is 0.178 e. The van der Waals surface area contributed by atoms with E-state index in [4.69, 9.17) is 9.47 Å². The summed E-state index contributed by atoms with van der Waals surface area (Å²) < 4.78 is 36.6. The number of rotatable bonds is 6. The second-order valence-corrected chi connectivity index (χ2v) is 7.90. The fraction of sp³-hybridized carbons (Fsp3) is 0.529. The van der Waals surface area contributed by atoms with Gasteiger partial charge in [-0.3, -0.25) is 0 Å². The van der Waals surface area contributed by atoms with Crippen molar-refractivity contribution in [3.05, 3.63) is 42.0 Å². The van der Waals surface area contributed by atoms with E-state index in [-0.39, 0.29) is 17.6 Å². The van der Waals surface area contributed by atoms with Crippen LogP contribution in [-0.2, 0) is 19.3 Å². The van der Waals surface area contributed by atoms with Crippen molar-refractivity contribution in [3.8, 4) is 0 Å². The van der Waals surface area contributed by atoms with Gasteiger partial charge in [-0.2, -0.15) is 0 Å². The lowest BCUT2D eigenvalue weighted by Gasteiger charge is -2.22. The zero-order valence-corrected chi connectivity index (χ0v) is 14.2. The minimum atomic E-state index is -3.38. The molecular formula is C17H24O4S. The molecule has 5 heteroatoms. The molecule has 2 rings (SSSR count). The van der Waals surface area contributed by atoms with E-state index >= 15 is 0 Å². The summed E-state index contributed by atoms with van der Waals surface area (Å²) in [5.74, 6) is -0.196. The van der Waals surface area contributed by atoms with Crippen molar-refractivity contribution in [2.24, 2.45) is 11.8 Å². The molecule has 1 aromatic carbocycles. The zero-order valence-electron chi connectivity index (χ0n) is 13.4. The molecule has 0 saturated carbocycles. The van der Waals surface area contributed by atoms with Crippen LogP contribution in [0.5, 0.6) is 0 Å². The SMILES string of the molecule is C=C(C)[C@@H]1CO[C@H](OCC)[C@@H]1CS(=O)(=O)c1ccc(C)cc1. The van der Waals surface area contributed by atoms with Gasteiger partial charge in [-0.25, -0.2) is 8.42 Å². The minimum Gasteiger partial charge on any atom is -0.353 e. The fourth-order valence-electron chi connectivity index (χ4n) is 2.77. The van der Waals surface area contributed by atoms with Gasteiger partial charge in [0.15, 0.2) is 16.1 Å². The normalized spacial score (nSPS) is 25.3. The van der Waals surface area contributed by atoms with E-state index in [0.717, 1.165) is 11.1 Å². The first-order chi connectivity index (χ1) is 10.3. The molecule has 3 atom stereocenters. The van der Waals surface area contributed by atoms with Gasteiger partial charge in [0.25, 0.3) is 0 Å². The van der Waals surface area contributed by atoms with Crippen molar-refractivity contribution in [1.82, 2.24) is 0 Å². The molecule has 0 N–H and O–H groups in total. The Morgan fingerprint density at radius 1 is 1.36 bits per heavy atom. The number of hydrogen-bond donors (Lipinski definition) is 0. The first-order valence-electron chi connectivity index (χ1n) is 7.53. The van der Waals surface area contributed by atoms with Gasteiger partial charge in [-0.15, -0.1) is 0 Å². The van der Waals surface area contributed by atoms with Crippen LogP contribution in [-0.4, -0.2) is 33.7 Å². The van der Waals surface area contributed by atoms with E-state index in [2.05, 4.69) is 6.58 Å². The third-order valence-electron chi connectivity index (χ3n) is 4.06. The monoisotopic (exact) mass is 324 g/mol. The maximum Gasteiger partial charge on any atom is 0.178 e. The highest BCUT2D eigenvalue weighted by Crippen LogP contribution is 2.34. The second-order valence-electron chi connectivity index (χ2n) is 5.87. The maximum absolute atomic E-state index is 12.7. The number of sulfone groups is 1. The van der Waals surface area contributed by atoms with Crippen LogP contribution in [0.25, 0.3) is 0 Å². The Morgan fingerprint density at radius 3 is 2.55 bits per heavy atom. The molecule has 1 aliphatic rings. The maximum atomic E-state index is 12.7. The van der Waals surface area contributed by atoms with Gasteiger partial charge in [-0.1, -0.05) is 29.8 Å². The number of hydrogen-bond acceptors (Lipinski definition) is 4. The van der Waals surface area contributed by atoms with Crippen LogP contribution >= 0.6 is 0 Å². The van der Waals surface area contributed by atoms with E-state index < -0.39 is 16.1 Å². The molecule has 0 amide bonds. The van der Waals surface area contributed by atoms with E-state index in [1.807, 2.05) is 32.9 Å². The first kappa shape index (κ1) is 17.2. The van der Waals surface area contributed by atoms with Crippen LogP contribution in [0.15, 0.2) is 41.3 Å². The first-order valence-corrected chi connectivity index (χ1v) is 9.18. The van der Waals surface area contributed by atoms with Gasteiger partial charge >= 0.3 is 0 Å². The zero-order chi connectivity index (χ0) is 16.3. The standard InChI is InChI=1S/C17H24O4S/c1-5-20-17-16(15(10-21-17)12(2)3)11-22(18,19)14-8-6-13(4)7-9-14/h6-9,15-17H,2,5,10-11H2,1,3-4H3/t15-,16+,17-/m0/s1.